The fraction of sp³-hybridized carbons (Fsp3) is 0.188. The third-order valence-electron chi connectivity index (χ3n) is 3.11. The molecule has 3 aromatic heterocycles. The second kappa shape index (κ2) is 6.72. The summed E-state index contributed by atoms with van der Waals surface area (Å²) in [7, 11) is 1.61. The molecule has 0 bridgehead atoms. The number of thiazole rings is 1. The van der Waals surface area contributed by atoms with Gasteiger partial charge in [-0.1, -0.05) is 6.07 Å². The zero-order valence-electron chi connectivity index (χ0n) is 12.7. The van der Waals surface area contributed by atoms with Crippen molar-refractivity contribution in [1.29, 1.82) is 0 Å². The Morgan fingerprint density at radius 2 is 2.09 bits per heavy atom. The van der Waals surface area contributed by atoms with Crippen LogP contribution >= 0.6 is 11.3 Å². The SMILES string of the molecule is COc1ccnc(Nc2cccc(-c3cnc(C(C)O)s3)n2)c1. The summed E-state index contributed by atoms with van der Waals surface area (Å²) < 4.78 is 5.18. The molecule has 0 fully saturated rings. The molecule has 3 aromatic rings. The highest BCUT2D eigenvalue weighted by molar-refractivity contribution is 7.15. The molecule has 7 heteroatoms. The molecule has 3 heterocycles. The van der Waals surface area contributed by atoms with Gasteiger partial charge in [-0.2, -0.15) is 0 Å². The van der Waals surface area contributed by atoms with E-state index in [4.69, 9.17) is 4.74 Å². The maximum absolute atomic E-state index is 9.58. The molecule has 0 aliphatic rings. The Morgan fingerprint density at radius 1 is 1.22 bits per heavy atom. The molecule has 118 valence electrons. The van der Waals surface area contributed by atoms with Crippen LogP contribution in [-0.4, -0.2) is 27.2 Å². The molecule has 2 N–H and O–H groups in total. The van der Waals surface area contributed by atoms with E-state index in [1.165, 1.54) is 11.3 Å². The number of hydrogen-bond donors (Lipinski definition) is 2. The van der Waals surface area contributed by atoms with Gasteiger partial charge in [0.25, 0.3) is 0 Å². The third-order valence-corrected chi connectivity index (χ3v) is 4.30. The molecule has 0 aliphatic heterocycles. The summed E-state index contributed by atoms with van der Waals surface area (Å²) in [6.45, 7) is 1.70. The number of aliphatic hydroxyl groups excluding tert-OH is 1. The van der Waals surface area contributed by atoms with Gasteiger partial charge in [-0.3, -0.25) is 0 Å². The average molecular weight is 328 g/mol. The Labute approximate surface area is 137 Å². The first-order chi connectivity index (χ1) is 11.2. The van der Waals surface area contributed by atoms with Crippen LogP contribution in [0.1, 0.15) is 18.0 Å². The number of methoxy groups -OCH3 is 1. The minimum Gasteiger partial charge on any atom is -0.497 e. The van der Waals surface area contributed by atoms with Crippen molar-refractivity contribution in [3.63, 3.8) is 0 Å². The first-order valence-electron chi connectivity index (χ1n) is 7.04. The number of hydrogen-bond acceptors (Lipinski definition) is 7. The first-order valence-corrected chi connectivity index (χ1v) is 7.85. The Hall–Kier alpha value is -2.51. The highest BCUT2D eigenvalue weighted by Gasteiger charge is 2.10. The number of nitrogens with zero attached hydrogens (tertiary/aromatic N) is 3. The van der Waals surface area contributed by atoms with E-state index in [0.29, 0.717) is 16.6 Å². The predicted octanol–water partition coefficient (Wildman–Crippen LogP) is 3.41. The largest absolute Gasteiger partial charge is 0.497 e. The lowest BCUT2D eigenvalue weighted by molar-refractivity contribution is 0.199. The van der Waals surface area contributed by atoms with Crippen LogP contribution in [0.5, 0.6) is 5.75 Å². The van der Waals surface area contributed by atoms with Crippen LogP contribution in [0.2, 0.25) is 0 Å². The maximum Gasteiger partial charge on any atom is 0.135 e. The zero-order chi connectivity index (χ0) is 16.2. The van der Waals surface area contributed by atoms with Gasteiger partial charge in [0.05, 0.1) is 17.7 Å². The lowest BCUT2D eigenvalue weighted by Crippen LogP contribution is -1.97. The van der Waals surface area contributed by atoms with E-state index in [2.05, 4.69) is 20.3 Å². The summed E-state index contributed by atoms with van der Waals surface area (Å²) in [4.78, 5) is 13.9. The van der Waals surface area contributed by atoms with E-state index in [-0.39, 0.29) is 0 Å². The summed E-state index contributed by atoms with van der Waals surface area (Å²) in [5.41, 5.74) is 0.794. The monoisotopic (exact) mass is 328 g/mol. The van der Waals surface area contributed by atoms with Crippen LogP contribution in [-0.2, 0) is 0 Å². The molecular formula is C16H16N4O2S. The number of anilines is 2. The molecular weight excluding hydrogens is 312 g/mol. The van der Waals surface area contributed by atoms with Crippen LogP contribution in [0.3, 0.4) is 0 Å². The molecule has 3 rings (SSSR count). The number of ether oxygens (including phenoxy) is 1. The lowest BCUT2D eigenvalue weighted by atomic mass is 10.3. The number of pyridine rings is 2. The van der Waals surface area contributed by atoms with Crippen molar-refractivity contribution in [2.45, 2.75) is 13.0 Å². The lowest BCUT2D eigenvalue weighted by Gasteiger charge is -2.07. The van der Waals surface area contributed by atoms with Crippen molar-refractivity contribution in [1.82, 2.24) is 15.0 Å². The van der Waals surface area contributed by atoms with Crippen LogP contribution in [0.25, 0.3) is 10.6 Å². The molecule has 23 heavy (non-hydrogen) atoms. The van der Waals surface area contributed by atoms with E-state index in [0.717, 1.165) is 16.3 Å². The first kappa shape index (κ1) is 15.4. The standard InChI is InChI=1S/C16H16N4O2S/c1-10(21)16-18-9-13(23-16)12-4-3-5-14(19-12)20-15-8-11(22-2)6-7-17-15/h3-10,21H,1-2H3,(H,17,19,20). The second-order valence-electron chi connectivity index (χ2n) is 4.85. The summed E-state index contributed by atoms with van der Waals surface area (Å²) >= 11 is 1.43. The van der Waals surface area contributed by atoms with Crippen molar-refractivity contribution in [3.8, 4) is 16.3 Å². The molecule has 1 unspecified atom stereocenters. The Morgan fingerprint density at radius 3 is 2.83 bits per heavy atom. The smallest absolute Gasteiger partial charge is 0.135 e. The van der Waals surface area contributed by atoms with Crippen LogP contribution in [0.15, 0.2) is 42.7 Å². The molecule has 0 aliphatic carbocycles. The molecule has 1 atom stereocenters. The van der Waals surface area contributed by atoms with E-state index in [1.54, 1.807) is 38.6 Å². The van der Waals surface area contributed by atoms with E-state index >= 15 is 0 Å². The van der Waals surface area contributed by atoms with Crippen molar-refractivity contribution >= 4 is 23.0 Å². The number of aliphatic hydroxyl groups is 1. The average Bonchev–Trinajstić information content (AvgIpc) is 3.06. The van der Waals surface area contributed by atoms with Gasteiger partial charge in [0, 0.05) is 18.5 Å². The van der Waals surface area contributed by atoms with E-state index in [1.807, 2.05) is 18.2 Å². The van der Waals surface area contributed by atoms with Crippen LogP contribution in [0.4, 0.5) is 11.6 Å². The summed E-state index contributed by atoms with van der Waals surface area (Å²) in [5, 5.41) is 13.4. The van der Waals surface area contributed by atoms with Gasteiger partial charge in [0.2, 0.25) is 0 Å². The maximum atomic E-state index is 9.58. The summed E-state index contributed by atoms with van der Waals surface area (Å²) in [5.74, 6) is 2.06. The Kier molecular flexibility index (Phi) is 4.50. The van der Waals surface area contributed by atoms with Crippen molar-refractivity contribution in [2.75, 3.05) is 12.4 Å². The normalized spacial score (nSPS) is 12.0. The van der Waals surface area contributed by atoms with Gasteiger partial charge in [-0.15, -0.1) is 11.3 Å². The zero-order valence-corrected chi connectivity index (χ0v) is 13.5. The van der Waals surface area contributed by atoms with E-state index in [9.17, 15) is 5.11 Å². The third kappa shape index (κ3) is 3.64. The summed E-state index contributed by atoms with van der Waals surface area (Å²) in [6.07, 6.45) is 2.82. The Balaban J connectivity index is 1.84. The highest BCUT2D eigenvalue weighted by atomic mass is 32.1. The molecule has 0 radical (unpaired) electrons. The predicted molar refractivity (Wildman–Crippen MR) is 90.1 cm³/mol. The molecule has 0 aromatic carbocycles. The van der Waals surface area contributed by atoms with Gasteiger partial charge in [0.1, 0.15) is 28.5 Å². The van der Waals surface area contributed by atoms with Gasteiger partial charge < -0.3 is 15.2 Å². The molecule has 0 amide bonds. The summed E-state index contributed by atoms with van der Waals surface area (Å²) in [6, 6.07) is 9.26. The number of nitrogens with one attached hydrogen (secondary N) is 1. The van der Waals surface area contributed by atoms with Crippen LogP contribution in [0, 0.1) is 0 Å². The van der Waals surface area contributed by atoms with Gasteiger partial charge in [0.15, 0.2) is 0 Å². The Bertz CT molecular complexity index is 804. The number of rotatable bonds is 5. The molecule has 0 saturated heterocycles. The van der Waals surface area contributed by atoms with Gasteiger partial charge >= 0.3 is 0 Å². The van der Waals surface area contributed by atoms with Gasteiger partial charge in [-0.25, -0.2) is 15.0 Å². The van der Waals surface area contributed by atoms with Crippen LogP contribution < -0.4 is 10.1 Å². The molecule has 6 nitrogen and oxygen atoms in total. The molecule has 0 saturated carbocycles. The minimum absolute atomic E-state index is 0.573. The fourth-order valence-corrected chi connectivity index (χ4v) is 2.80. The van der Waals surface area contributed by atoms with Crippen molar-refractivity contribution < 1.29 is 9.84 Å². The second-order valence-corrected chi connectivity index (χ2v) is 5.91. The highest BCUT2D eigenvalue weighted by Crippen LogP contribution is 2.29. The van der Waals surface area contributed by atoms with E-state index < -0.39 is 6.10 Å². The van der Waals surface area contributed by atoms with Crippen molar-refractivity contribution in [2.24, 2.45) is 0 Å². The fourth-order valence-electron chi connectivity index (χ4n) is 1.98. The number of aromatic nitrogens is 3. The quantitative estimate of drug-likeness (QED) is 0.747. The van der Waals surface area contributed by atoms with Gasteiger partial charge in [-0.05, 0) is 25.1 Å². The topological polar surface area (TPSA) is 80.2 Å². The minimum atomic E-state index is -0.573. The van der Waals surface area contributed by atoms with Crippen molar-refractivity contribution in [3.05, 3.63) is 47.7 Å². The molecule has 0 spiro atoms.